The molecule has 3 amide bonds. The van der Waals surface area contributed by atoms with E-state index < -0.39 is 11.9 Å². The van der Waals surface area contributed by atoms with E-state index in [1.165, 1.54) is 11.3 Å². The molecule has 2 heterocycles. The van der Waals surface area contributed by atoms with Crippen LogP contribution in [0.4, 0.5) is 9.93 Å². The molecule has 2 aromatic rings. The zero-order valence-corrected chi connectivity index (χ0v) is 17.9. The number of hydrogen-bond acceptors (Lipinski definition) is 7. The quantitative estimate of drug-likeness (QED) is 0.419. The number of benzene rings is 1. The summed E-state index contributed by atoms with van der Waals surface area (Å²) < 4.78 is 10.9. The molecule has 3 rings (SSSR count). The lowest BCUT2D eigenvalue weighted by atomic mass is 10.3. The molecule has 0 unspecified atom stereocenters. The average molecular weight is 454 g/mol. The summed E-state index contributed by atoms with van der Waals surface area (Å²) in [7, 11) is 0. The van der Waals surface area contributed by atoms with Crippen molar-refractivity contribution in [2.75, 3.05) is 44.4 Å². The Hall–Kier alpha value is -2.56. The van der Waals surface area contributed by atoms with Gasteiger partial charge in [-0.3, -0.25) is 10.2 Å². The van der Waals surface area contributed by atoms with E-state index in [1.54, 1.807) is 17.5 Å². The zero-order chi connectivity index (χ0) is 21.2. The third-order valence-electron chi connectivity index (χ3n) is 4.23. The molecule has 9 nitrogen and oxygen atoms in total. The molecule has 1 aliphatic rings. The summed E-state index contributed by atoms with van der Waals surface area (Å²) in [5.41, 5.74) is 4.95. The van der Waals surface area contributed by atoms with Crippen LogP contribution in [0.25, 0.3) is 0 Å². The Morgan fingerprint density at radius 3 is 2.70 bits per heavy atom. The van der Waals surface area contributed by atoms with Gasteiger partial charge in [-0.15, -0.1) is 11.3 Å². The maximum atomic E-state index is 12.1. The van der Waals surface area contributed by atoms with E-state index in [9.17, 15) is 9.59 Å². The van der Waals surface area contributed by atoms with Crippen molar-refractivity contribution in [3.05, 3.63) is 40.4 Å². The SMILES string of the molecule is O=C(NCCCCOc1ccc(Cl)cc1)NNC(=O)c1csc(N2CCOCC2)n1. The number of hydrazine groups is 1. The standard InChI is InChI=1S/C19H24ClN5O4S/c20-14-3-5-15(6-4-14)29-10-2-1-7-21-18(27)24-23-17(26)16-13-30-19(22-16)25-8-11-28-12-9-25/h3-6,13H,1-2,7-12H2,(H,23,26)(H2,21,24,27). The molecule has 0 atom stereocenters. The number of morpholine rings is 1. The molecular weight excluding hydrogens is 430 g/mol. The van der Waals surface area contributed by atoms with Crippen LogP contribution < -0.4 is 25.8 Å². The maximum Gasteiger partial charge on any atom is 0.333 e. The van der Waals surface area contributed by atoms with E-state index in [4.69, 9.17) is 21.1 Å². The van der Waals surface area contributed by atoms with Crippen molar-refractivity contribution in [2.45, 2.75) is 12.8 Å². The second-order valence-electron chi connectivity index (χ2n) is 6.46. The molecular formula is C19H24ClN5O4S. The number of unbranched alkanes of at least 4 members (excludes halogenated alkanes) is 1. The molecule has 0 bridgehead atoms. The van der Waals surface area contributed by atoms with E-state index in [0.29, 0.717) is 31.4 Å². The van der Waals surface area contributed by atoms with Crippen molar-refractivity contribution < 1.29 is 19.1 Å². The van der Waals surface area contributed by atoms with Crippen molar-refractivity contribution in [1.82, 2.24) is 21.2 Å². The van der Waals surface area contributed by atoms with Crippen molar-refractivity contribution in [3.63, 3.8) is 0 Å². The van der Waals surface area contributed by atoms with Crippen molar-refractivity contribution in [2.24, 2.45) is 0 Å². The molecule has 1 aromatic heterocycles. The van der Waals surface area contributed by atoms with Crippen molar-refractivity contribution in [1.29, 1.82) is 0 Å². The van der Waals surface area contributed by atoms with Gasteiger partial charge in [0.15, 0.2) is 5.13 Å². The molecule has 1 aliphatic heterocycles. The van der Waals surface area contributed by atoms with Gasteiger partial charge in [0.2, 0.25) is 0 Å². The van der Waals surface area contributed by atoms with Gasteiger partial charge in [-0.25, -0.2) is 15.2 Å². The van der Waals surface area contributed by atoms with Crippen LogP contribution in [-0.2, 0) is 4.74 Å². The minimum absolute atomic E-state index is 0.265. The average Bonchev–Trinajstić information content (AvgIpc) is 3.27. The Balaban J connectivity index is 1.26. The van der Waals surface area contributed by atoms with E-state index >= 15 is 0 Å². The molecule has 1 aromatic carbocycles. The summed E-state index contributed by atoms with van der Waals surface area (Å²) in [5.74, 6) is 0.295. The zero-order valence-electron chi connectivity index (χ0n) is 16.4. The number of nitrogens with zero attached hydrogens (tertiary/aromatic N) is 2. The number of carbonyl (C=O) groups is 2. The number of rotatable bonds is 8. The fraction of sp³-hybridized carbons (Fsp3) is 0.421. The van der Waals surface area contributed by atoms with Gasteiger partial charge in [-0.2, -0.15) is 0 Å². The number of thiazole rings is 1. The Labute approximate surface area is 183 Å². The molecule has 3 N–H and O–H groups in total. The molecule has 11 heteroatoms. The molecule has 0 radical (unpaired) electrons. The first-order valence-corrected chi connectivity index (χ1v) is 10.9. The summed E-state index contributed by atoms with van der Waals surface area (Å²) in [6.45, 7) is 3.80. The minimum atomic E-state index is -0.481. The van der Waals surface area contributed by atoms with Crippen LogP contribution in [0.1, 0.15) is 23.3 Å². The molecule has 1 fully saturated rings. The number of halogens is 1. The Morgan fingerprint density at radius 1 is 1.17 bits per heavy atom. The highest BCUT2D eigenvalue weighted by atomic mass is 35.5. The molecule has 30 heavy (non-hydrogen) atoms. The van der Waals surface area contributed by atoms with Gasteiger partial charge in [0.1, 0.15) is 11.4 Å². The van der Waals surface area contributed by atoms with Gasteiger partial charge in [0.05, 0.1) is 19.8 Å². The highest BCUT2D eigenvalue weighted by molar-refractivity contribution is 7.13. The van der Waals surface area contributed by atoms with Crippen LogP contribution >= 0.6 is 22.9 Å². The van der Waals surface area contributed by atoms with Crippen LogP contribution in [-0.4, -0.2) is 56.4 Å². The number of urea groups is 1. The van der Waals surface area contributed by atoms with Gasteiger partial charge < -0.3 is 19.7 Å². The Morgan fingerprint density at radius 2 is 1.93 bits per heavy atom. The topological polar surface area (TPSA) is 105 Å². The van der Waals surface area contributed by atoms with E-state index in [2.05, 4.69) is 26.1 Å². The molecule has 0 aliphatic carbocycles. The van der Waals surface area contributed by atoms with Crippen LogP contribution in [0.5, 0.6) is 5.75 Å². The number of nitrogens with one attached hydrogen (secondary N) is 3. The lowest BCUT2D eigenvalue weighted by molar-refractivity contribution is 0.0932. The first-order valence-electron chi connectivity index (χ1n) is 9.62. The predicted octanol–water partition coefficient (Wildman–Crippen LogP) is 2.44. The third-order valence-corrected chi connectivity index (χ3v) is 5.39. The normalized spacial score (nSPS) is 13.6. The first kappa shape index (κ1) is 22.1. The molecule has 0 saturated carbocycles. The van der Waals surface area contributed by atoms with Crippen molar-refractivity contribution >= 4 is 40.0 Å². The van der Waals surface area contributed by atoms with Crippen LogP contribution in [0.15, 0.2) is 29.6 Å². The largest absolute Gasteiger partial charge is 0.494 e. The van der Waals surface area contributed by atoms with Crippen LogP contribution in [0.2, 0.25) is 5.02 Å². The van der Waals surface area contributed by atoms with Crippen LogP contribution in [0.3, 0.4) is 0 Å². The lowest BCUT2D eigenvalue weighted by Crippen LogP contribution is -2.47. The number of aromatic nitrogens is 1. The van der Waals surface area contributed by atoms with E-state index in [-0.39, 0.29) is 5.69 Å². The Kier molecular flexibility index (Phi) is 8.54. The van der Waals surface area contributed by atoms with Gasteiger partial charge in [-0.05, 0) is 37.1 Å². The highest BCUT2D eigenvalue weighted by Crippen LogP contribution is 2.21. The lowest BCUT2D eigenvalue weighted by Gasteiger charge is -2.25. The number of ether oxygens (including phenoxy) is 2. The van der Waals surface area contributed by atoms with E-state index in [1.807, 2.05) is 12.1 Å². The summed E-state index contributed by atoms with van der Waals surface area (Å²) in [6.07, 6.45) is 1.52. The summed E-state index contributed by atoms with van der Waals surface area (Å²) in [4.78, 5) is 30.3. The van der Waals surface area contributed by atoms with Gasteiger partial charge in [0, 0.05) is 30.0 Å². The Bertz CT molecular complexity index is 827. The van der Waals surface area contributed by atoms with Crippen LogP contribution in [0, 0.1) is 0 Å². The first-order chi connectivity index (χ1) is 14.6. The minimum Gasteiger partial charge on any atom is -0.494 e. The fourth-order valence-corrected chi connectivity index (χ4v) is 3.63. The highest BCUT2D eigenvalue weighted by Gasteiger charge is 2.17. The molecule has 162 valence electrons. The smallest absolute Gasteiger partial charge is 0.333 e. The maximum absolute atomic E-state index is 12.1. The van der Waals surface area contributed by atoms with Crippen molar-refractivity contribution in [3.8, 4) is 5.75 Å². The van der Waals surface area contributed by atoms with Gasteiger partial charge in [0.25, 0.3) is 5.91 Å². The second kappa shape index (κ2) is 11.6. The van der Waals surface area contributed by atoms with E-state index in [0.717, 1.165) is 36.8 Å². The number of hydrogen-bond donors (Lipinski definition) is 3. The van der Waals surface area contributed by atoms with Gasteiger partial charge in [-0.1, -0.05) is 11.6 Å². The predicted molar refractivity (Wildman–Crippen MR) is 115 cm³/mol. The fourth-order valence-electron chi connectivity index (χ4n) is 2.64. The number of carbonyl (C=O) groups excluding carboxylic acids is 2. The third kappa shape index (κ3) is 7.05. The summed E-state index contributed by atoms with van der Waals surface area (Å²) >= 11 is 7.21. The number of anilines is 1. The second-order valence-corrected chi connectivity index (χ2v) is 7.73. The van der Waals surface area contributed by atoms with Gasteiger partial charge >= 0.3 is 6.03 Å². The summed E-state index contributed by atoms with van der Waals surface area (Å²) in [5, 5.41) is 5.78. The molecule has 0 spiro atoms. The molecule has 1 saturated heterocycles. The monoisotopic (exact) mass is 453 g/mol. The summed E-state index contributed by atoms with van der Waals surface area (Å²) in [6, 6.07) is 6.68. The number of amides is 3.